The predicted molar refractivity (Wildman–Crippen MR) is 168 cm³/mol. The molecule has 49 heavy (non-hydrogen) atoms. The Bertz CT molecular complexity index is 1490. The van der Waals surface area contributed by atoms with Gasteiger partial charge in [-0.2, -0.15) is 16.8 Å². The first-order valence-electron chi connectivity index (χ1n) is 16.2. The second-order valence-electron chi connectivity index (χ2n) is 14.8. The van der Waals surface area contributed by atoms with Gasteiger partial charge in [0, 0.05) is 41.4 Å². The zero-order valence-corrected chi connectivity index (χ0v) is 31.7. The number of aliphatic hydroxyl groups excluding tert-OH is 2. The molecule has 275 valence electrons. The van der Waals surface area contributed by atoms with Gasteiger partial charge in [-0.1, -0.05) is 27.4 Å². The Kier molecular flexibility index (Phi) is 12.5. The van der Waals surface area contributed by atoms with Crippen LogP contribution in [-0.4, -0.2) is 132 Å². The van der Waals surface area contributed by atoms with E-state index in [-0.39, 0.29) is 72.5 Å². The molecule has 4 aliphatic carbocycles. The Labute approximate surface area is 308 Å². The second-order valence-corrected chi connectivity index (χ2v) is 16.9. The van der Waals surface area contributed by atoms with Crippen molar-refractivity contribution in [2.75, 3.05) is 6.61 Å². The van der Waals surface area contributed by atoms with Crippen molar-refractivity contribution >= 4 is 62.3 Å². The van der Waals surface area contributed by atoms with Crippen molar-refractivity contribution in [3.05, 3.63) is 12.2 Å². The molecular weight excluding hydrogens is 703 g/mol. The standard InChI is InChI=1S/C30H46O16S2.Na/c1-14(2)9-22(32)44-25-24(46-48(39,40)41)23(45-47(36,37)38)20(13-31)43-28(25)42-17-10-18(27(34)35)19-7-8-30-11-16(15(3)26(30)33)5-6-21(30)29(19,4)12-17;/h14,16-21,23-26,28,31,33H,3,5-13H2,1-2,4H3,(H,34,35)(H,36,37,38)(H,39,40,41);. The predicted octanol–water partition coefficient (Wildman–Crippen LogP) is 1.29. The molecule has 5 fully saturated rings. The molecular formula is C30H46NaO16S2. The number of carbonyl (C=O) groups is 2. The summed E-state index contributed by atoms with van der Waals surface area (Å²) in [7, 11) is -10.8. The van der Waals surface area contributed by atoms with Gasteiger partial charge in [0.2, 0.25) is 0 Å². The van der Waals surface area contributed by atoms with Crippen molar-refractivity contribution in [2.45, 2.75) is 115 Å². The van der Waals surface area contributed by atoms with E-state index in [1.54, 1.807) is 13.8 Å². The Morgan fingerprint density at radius 1 is 1.02 bits per heavy atom. The van der Waals surface area contributed by atoms with Gasteiger partial charge in [0.15, 0.2) is 18.5 Å². The fourth-order valence-electron chi connectivity index (χ4n) is 9.82. The van der Waals surface area contributed by atoms with Crippen LogP contribution in [0.3, 0.4) is 0 Å². The van der Waals surface area contributed by atoms with Gasteiger partial charge in [0.25, 0.3) is 0 Å². The van der Waals surface area contributed by atoms with Crippen molar-refractivity contribution in [3.8, 4) is 0 Å². The summed E-state index contributed by atoms with van der Waals surface area (Å²) in [6.45, 7) is 8.52. The third-order valence-corrected chi connectivity index (χ3v) is 12.4. The number of ether oxygens (including phenoxy) is 3. The number of aliphatic hydroxyl groups is 2. The molecule has 0 amide bonds. The van der Waals surface area contributed by atoms with Crippen LogP contribution in [0.25, 0.3) is 0 Å². The number of carboxylic acid groups (broad SMARTS) is 1. The minimum absolute atomic E-state index is 0. The number of carboxylic acids is 1. The van der Waals surface area contributed by atoms with Crippen molar-refractivity contribution < 1.29 is 73.4 Å². The summed E-state index contributed by atoms with van der Waals surface area (Å²) in [4.78, 5) is 25.7. The molecule has 2 bridgehead atoms. The molecule has 1 spiro atoms. The maximum atomic E-state index is 12.9. The summed E-state index contributed by atoms with van der Waals surface area (Å²) in [5.74, 6) is -3.25. The zero-order chi connectivity index (χ0) is 35.6. The monoisotopic (exact) mass is 749 g/mol. The zero-order valence-electron chi connectivity index (χ0n) is 28.0. The average molecular weight is 750 g/mol. The van der Waals surface area contributed by atoms with E-state index in [1.165, 1.54) is 0 Å². The second kappa shape index (κ2) is 14.9. The Morgan fingerprint density at radius 3 is 2.22 bits per heavy atom. The molecule has 0 aromatic heterocycles. The topological polar surface area (TPSA) is 250 Å². The van der Waals surface area contributed by atoms with Crippen molar-refractivity contribution in [1.82, 2.24) is 0 Å². The van der Waals surface area contributed by atoms with E-state index >= 15 is 0 Å². The number of rotatable bonds is 11. The molecule has 16 nitrogen and oxygen atoms in total. The molecule has 0 aromatic carbocycles. The minimum Gasteiger partial charge on any atom is -0.481 e. The van der Waals surface area contributed by atoms with Crippen LogP contribution in [0.4, 0.5) is 0 Å². The van der Waals surface area contributed by atoms with E-state index in [4.69, 9.17) is 18.4 Å². The van der Waals surface area contributed by atoms with Crippen LogP contribution in [0.15, 0.2) is 12.2 Å². The Hall–Kier alpha value is -0.740. The van der Waals surface area contributed by atoms with Crippen LogP contribution in [0.1, 0.15) is 72.1 Å². The van der Waals surface area contributed by atoms with E-state index in [1.807, 2.05) is 6.92 Å². The van der Waals surface area contributed by atoms with Crippen molar-refractivity contribution in [1.29, 1.82) is 0 Å². The van der Waals surface area contributed by atoms with Gasteiger partial charge >= 0.3 is 32.7 Å². The van der Waals surface area contributed by atoms with E-state index in [0.29, 0.717) is 12.8 Å². The molecule has 1 radical (unpaired) electrons. The van der Waals surface area contributed by atoms with Crippen LogP contribution >= 0.6 is 0 Å². The molecule has 1 saturated heterocycles. The smallest absolute Gasteiger partial charge is 0.397 e. The van der Waals surface area contributed by atoms with E-state index < -0.39 is 99.0 Å². The van der Waals surface area contributed by atoms with E-state index in [9.17, 15) is 50.8 Å². The molecule has 13 atom stereocenters. The number of hydrogen-bond acceptors (Lipinski definition) is 13. The average Bonchev–Trinajstić information content (AvgIpc) is 3.12. The molecule has 5 N–H and O–H groups in total. The maximum absolute atomic E-state index is 12.9. The van der Waals surface area contributed by atoms with Crippen LogP contribution in [0.5, 0.6) is 0 Å². The maximum Gasteiger partial charge on any atom is 0.397 e. The largest absolute Gasteiger partial charge is 0.481 e. The quantitative estimate of drug-likeness (QED) is 0.0656. The number of fused-ring (bicyclic) bond motifs is 3. The first-order chi connectivity index (χ1) is 22.2. The molecule has 1 aliphatic heterocycles. The van der Waals surface area contributed by atoms with Crippen molar-refractivity contribution in [3.63, 3.8) is 0 Å². The molecule has 13 unspecified atom stereocenters. The third kappa shape index (κ3) is 8.26. The van der Waals surface area contributed by atoms with Gasteiger partial charge in [-0.15, -0.1) is 0 Å². The van der Waals surface area contributed by atoms with Gasteiger partial charge in [0.1, 0.15) is 12.2 Å². The number of hydrogen-bond donors (Lipinski definition) is 5. The van der Waals surface area contributed by atoms with Crippen LogP contribution in [0.2, 0.25) is 0 Å². The number of carbonyl (C=O) groups excluding carboxylic acids is 1. The Morgan fingerprint density at radius 2 is 1.65 bits per heavy atom. The summed E-state index contributed by atoms with van der Waals surface area (Å²) >= 11 is 0. The molecule has 4 saturated carbocycles. The first kappa shape index (κ1) is 41.0. The minimum atomic E-state index is -5.42. The summed E-state index contributed by atoms with van der Waals surface area (Å²) in [6.07, 6.45) is -7.93. The third-order valence-electron chi connectivity index (χ3n) is 11.5. The normalized spacial score (nSPS) is 42.1. The van der Waals surface area contributed by atoms with Crippen molar-refractivity contribution in [2.24, 2.45) is 40.4 Å². The van der Waals surface area contributed by atoms with Crippen LogP contribution in [0, 0.1) is 40.4 Å². The first-order valence-corrected chi connectivity index (χ1v) is 18.9. The molecule has 5 aliphatic rings. The van der Waals surface area contributed by atoms with Gasteiger partial charge in [-0.05, 0) is 79.6 Å². The van der Waals surface area contributed by atoms with Gasteiger partial charge < -0.3 is 29.5 Å². The molecule has 0 aromatic rings. The van der Waals surface area contributed by atoms with E-state index in [2.05, 4.69) is 10.8 Å². The van der Waals surface area contributed by atoms with E-state index in [0.717, 1.165) is 24.8 Å². The summed E-state index contributed by atoms with van der Waals surface area (Å²) in [5, 5.41) is 32.0. The van der Waals surface area contributed by atoms with Gasteiger partial charge in [0.05, 0.1) is 24.7 Å². The van der Waals surface area contributed by atoms with Gasteiger partial charge in [-0.25, -0.2) is 8.37 Å². The van der Waals surface area contributed by atoms with Crippen LogP contribution in [-0.2, 0) is 53.0 Å². The fraction of sp³-hybridized carbons (Fsp3) is 0.867. The number of aliphatic carboxylic acids is 1. The molecule has 1 heterocycles. The summed E-state index contributed by atoms with van der Waals surface area (Å²) in [6, 6.07) is 0. The number of esters is 1. The van der Waals surface area contributed by atoms with Gasteiger partial charge in [-0.3, -0.25) is 18.7 Å². The molecule has 5 rings (SSSR count). The Balaban J connectivity index is 0.00000541. The fourth-order valence-corrected chi connectivity index (χ4v) is 10.8. The SMILES string of the molecule is C=C1C2CCC3C4(C)CC(OC5OC(CO)C(OS(=O)(=O)O)C(OS(=O)(=O)O)C5OC(=O)CC(C)C)CC(C(=O)O)C4CCC3(C2)C1O.[Na]. The summed E-state index contributed by atoms with van der Waals surface area (Å²) < 4.78 is 93.5. The molecule has 19 heteroatoms. The summed E-state index contributed by atoms with van der Waals surface area (Å²) in [5.41, 5.74) is -0.319. The van der Waals surface area contributed by atoms with Crippen LogP contribution < -0.4 is 0 Å².